The van der Waals surface area contributed by atoms with Crippen molar-refractivity contribution in [2.75, 3.05) is 19.8 Å². The molecule has 1 fully saturated rings. The fourth-order valence-electron chi connectivity index (χ4n) is 2.94. The molecule has 0 aromatic heterocycles. The van der Waals surface area contributed by atoms with E-state index >= 15 is 0 Å². The molecule has 2 N–H and O–H groups in total. The summed E-state index contributed by atoms with van der Waals surface area (Å²) in [5.74, 6) is 0.892. The number of morpholine rings is 1. The quantitative estimate of drug-likeness (QED) is 0.867. The van der Waals surface area contributed by atoms with E-state index in [-0.39, 0.29) is 36.5 Å². The summed E-state index contributed by atoms with van der Waals surface area (Å²) >= 11 is 0. The number of rotatable bonds is 2. The number of halogens is 1. The molecule has 1 aromatic carbocycles. The van der Waals surface area contributed by atoms with Gasteiger partial charge in [-0.1, -0.05) is 12.1 Å². The average Bonchev–Trinajstić information content (AvgIpc) is 2.87. The molecule has 122 valence electrons. The second kappa shape index (κ2) is 6.86. The van der Waals surface area contributed by atoms with Crippen LogP contribution in [0.5, 0.6) is 5.75 Å². The monoisotopic (exact) mass is 326 g/mol. The maximum atomic E-state index is 12.4. The van der Waals surface area contributed by atoms with E-state index < -0.39 is 0 Å². The number of hydrogen-bond donors (Lipinski definition) is 2. The fraction of sp³-hybridized carbons (Fsp3) is 0.562. The predicted octanol–water partition coefficient (Wildman–Crippen LogP) is 1.65. The van der Waals surface area contributed by atoms with E-state index in [1.54, 1.807) is 0 Å². The third-order valence-electron chi connectivity index (χ3n) is 4.39. The molecule has 0 saturated carbocycles. The lowest BCUT2D eigenvalue weighted by Crippen LogP contribution is -2.56. The Balaban J connectivity index is 0.00000176. The van der Waals surface area contributed by atoms with Crippen molar-refractivity contribution >= 4 is 18.3 Å². The molecule has 0 aliphatic carbocycles. The van der Waals surface area contributed by atoms with Crippen molar-refractivity contribution < 1.29 is 14.3 Å². The van der Waals surface area contributed by atoms with Crippen molar-refractivity contribution in [2.45, 2.75) is 39.0 Å². The van der Waals surface area contributed by atoms with Gasteiger partial charge in [-0.05, 0) is 31.9 Å². The van der Waals surface area contributed by atoms with Crippen LogP contribution in [0.4, 0.5) is 0 Å². The number of amides is 1. The Morgan fingerprint density at radius 1 is 1.36 bits per heavy atom. The van der Waals surface area contributed by atoms with Crippen molar-refractivity contribution in [3.05, 3.63) is 28.8 Å². The first kappa shape index (κ1) is 17.1. The number of hydrogen-bond acceptors (Lipinski definition) is 4. The number of benzene rings is 1. The zero-order valence-corrected chi connectivity index (χ0v) is 14.0. The summed E-state index contributed by atoms with van der Waals surface area (Å²) in [6.07, 6.45) is -0.111. The molecule has 1 unspecified atom stereocenters. The maximum Gasteiger partial charge on any atom is 0.240 e. The number of aryl methyl sites for hydroxylation is 1. The van der Waals surface area contributed by atoms with Crippen molar-refractivity contribution in [1.82, 2.24) is 10.6 Å². The molecule has 0 bridgehead atoms. The lowest BCUT2D eigenvalue weighted by atomic mass is 10.0. The van der Waals surface area contributed by atoms with Gasteiger partial charge in [0, 0.05) is 12.1 Å². The standard InChI is InChI=1S/C16H22N2O3.ClH/c1-9-4-5-12-13(8-21-15(12)10(9)2)18-16(19)14-11(3)20-7-6-17-14;/h4-5,11,13-14,17H,6-8H2,1-3H3,(H,18,19);1H/t11-,13?,14+;/m1./s1. The summed E-state index contributed by atoms with van der Waals surface area (Å²) in [5.41, 5.74) is 3.42. The van der Waals surface area contributed by atoms with Crippen LogP contribution in [0.1, 0.15) is 29.7 Å². The van der Waals surface area contributed by atoms with Crippen LogP contribution in [0.2, 0.25) is 0 Å². The van der Waals surface area contributed by atoms with E-state index in [0.717, 1.165) is 16.9 Å². The molecule has 3 atom stereocenters. The highest BCUT2D eigenvalue weighted by Crippen LogP contribution is 2.36. The molecule has 6 heteroatoms. The summed E-state index contributed by atoms with van der Waals surface area (Å²) in [6, 6.07) is 3.74. The van der Waals surface area contributed by atoms with E-state index in [2.05, 4.69) is 30.5 Å². The number of fused-ring (bicyclic) bond motifs is 1. The normalized spacial score (nSPS) is 26.6. The lowest BCUT2D eigenvalue weighted by Gasteiger charge is -2.30. The molecular formula is C16H23ClN2O3. The molecule has 0 spiro atoms. The highest BCUT2D eigenvalue weighted by Gasteiger charge is 2.33. The van der Waals surface area contributed by atoms with Crippen LogP contribution >= 0.6 is 12.4 Å². The minimum absolute atomic E-state index is 0. The van der Waals surface area contributed by atoms with Crippen molar-refractivity contribution in [3.8, 4) is 5.75 Å². The molecule has 0 radical (unpaired) electrons. The summed E-state index contributed by atoms with van der Waals surface area (Å²) in [5, 5.41) is 6.28. The Morgan fingerprint density at radius 2 is 2.14 bits per heavy atom. The first-order valence-electron chi connectivity index (χ1n) is 7.46. The minimum Gasteiger partial charge on any atom is -0.490 e. The largest absolute Gasteiger partial charge is 0.490 e. The second-order valence-electron chi connectivity index (χ2n) is 5.81. The topological polar surface area (TPSA) is 59.6 Å². The van der Waals surface area contributed by atoms with Gasteiger partial charge >= 0.3 is 0 Å². The minimum atomic E-state index is -0.297. The molecule has 5 nitrogen and oxygen atoms in total. The van der Waals surface area contributed by atoms with E-state index in [9.17, 15) is 4.79 Å². The zero-order valence-electron chi connectivity index (χ0n) is 13.1. The molecule has 1 saturated heterocycles. The van der Waals surface area contributed by atoms with Crippen LogP contribution in [0.15, 0.2) is 12.1 Å². The van der Waals surface area contributed by atoms with Crippen molar-refractivity contribution in [1.29, 1.82) is 0 Å². The summed E-state index contributed by atoms with van der Waals surface area (Å²) in [7, 11) is 0. The van der Waals surface area contributed by atoms with Crippen LogP contribution in [0.3, 0.4) is 0 Å². The van der Waals surface area contributed by atoms with Gasteiger partial charge in [0.2, 0.25) is 5.91 Å². The molecule has 2 aliphatic rings. The Morgan fingerprint density at radius 3 is 2.86 bits per heavy atom. The molecule has 2 heterocycles. The molecule has 1 aromatic rings. The van der Waals surface area contributed by atoms with Gasteiger partial charge < -0.3 is 20.1 Å². The van der Waals surface area contributed by atoms with Crippen LogP contribution in [0, 0.1) is 13.8 Å². The Hall–Kier alpha value is -1.30. The first-order chi connectivity index (χ1) is 10.1. The van der Waals surface area contributed by atoms with Gasteiger partial charge in [-0.15, -0.1) is 12.4 Å². The summed E-state index contributed by atoms with van der Waals surface area (Å²) in [6.45, 7) is 7.89. The van der Waals surface area contributed by atoms with Gasteiger partial charge in [-0.2, -0.15) is 0 Å². The van der Waals surface area contributed by atoms with E-state index in [1.165, 1.54) is 5.56 Å². The van der Waals surface area contributed by atoms with Crippen molar-refractivity contribution in [2.24, 2.45) is 0 Å². The molecule has 2 aliphatic heterocycles. The number of nitrogens with one attached hydrogen (secondary N) is 2. The zero-order chi connectivity index (χ0) is 15.0. The van der Waals surface area contributed by atoms with E-state index in [4.69, 9.17) is 9.47 Å². The van der Waals surface area contributed by atoms with Gasteiger partial charge in [-0.3, -0.25) is 4.79 Å². The molecule has 3 rings (SSSR count). The Labute approximate surface area is 137 Å². The number of ether oxygens (including phenoxy) is 2. The second-order valence-corrected chi connectivity index (χ2v) is 5.81. The van der Waals surface area contributed by atoms with E-state index in [1.807, 2.05) is 13.0 Å². The lowest BCUT2D eigenvalue weighted by molar-refractivity contribution is -0.129. The molecule has 1 amide bonds. The third kappa shape index (κ3) is 3.07. The Bertz CT molecular complexity index is 565. The third-order valence-corrected chi connectivity index (χ3v) is 4.39. The van der Waals surface area contributed by atoms with Gasteiger partial charge in [0.25, 0.3) is 0 Å². The predicted molar refractivity (Wildman–Crippen MR) is 86.7 cm³/mol. The van der Waals surface area contributed by atoms with Gasteiger partial charge in [0.1, 0.15) is 18.4 Å². The van der Waals surface area contributed by atoms with Gasteiger partial charge in [-0.25, -0.2) is 0 Å². The van der Waals surface area contributed by atoms with Crippen LogP contribution in [0.25, 0.3) is 0 Å². The fourth-order valence-corrected chi connectivity index (χ4v) is 2.94. The number of carbonyl (C=O) groups is 1. The van der Waals surface area contributed by atoms with Crippen molar-refractivity contribution in [3.63, 3.8) is 0 Å². The highest BCUT2D eigenvalue weighted by molar-refractivity contribution is 5.85. The van der Waals surface area contributed by atoms with Gasteiger partial charge in [0.05, 0.1) is 18.8 Å². The van der Waals surface area contributed by atoms with Crippen LogP contribution in [-0.4, -0.2) is 37.8 Å². The summed E-state index contributed by atoms with van der Waals surface area (Å²) in [4.78, 5) is 12.4. The number of carbonyl (C=O) groups excluding carboxylic acids is 1. The average molecular weight is 327 g/mol. The molecule has 22 heavy (non-hydrogen) atoms. The van der Waals surface area contributed by atoms with Gasteiger partial charge in [0.15, 0.2) is 0 Å². The maximum absolute atomic E-state index is 12.4. The SMILES string of the molecule is Cc1ccc2c(c1C)OCC2NC(=O)[C@H]1NCCO[C@@H]1C.Cl. The highest BCUT2D eigenvalue weighted by atomic mass is 35.5. The first-order valence-corrected chi connectivity index (χ1v) is 7.46. The Kier molecular flexibility index (Phi) is 5.32. The van der Waals surface area contributed by atoms with E-state index in [0.29, 0.717) is 19.8 Å². The molecular weight excluding hydrogens is 304 g/mol. The summed E-state index contributed by atoms with van der Waals surface area (Å²) < 4.78 is 11.3. The van der Waals surface area contributed by atoms with Crippen LogP contribution < -0.4 is 15.4 Å². The smallest absolute Gasteiger partial charge is 0.240 e. The van der Waals surface area contributed by atoms with Crippen LogP contribution in [-0.2, 0) is 9.53 Å².